The van der Waals surface area contributed by atoms with Crippen molar-refractivity contribution < 1.29 is 5.11 Å². The average Bonchev–Trinajstić information content (AvgIpc) is 2.18. The summed E-state index contributed by atoms with van der Waals surface area (Å²) in [6.07, 6.45) is 1.54. The van der Waals surface area contributed by atoms with Crippen molar-refractivity contribution in [3.05, 3.63) is 48.6 Å². The summed E-state index contributed by atoms with van der Waals surface area (Å²) >= 11 is 3.25. The Bertz CT molecular complexity index is 258. The summed E-state index contributed by atoms with van der Waals surface area (Å²) in [5, 5.41) is 10.4. The number of rotatable bonds is 3. The highest BCUT2D eigenvalue weighted by atomic mass is 79.9. The highest BCUT2D eigenvalue weighted by Crippen LogP contribution is 2.23. The van der Waals surface area contributed by atoms with Crippen LogP contribution in [0.4, 0.5) is 0 Å². The fourth-order valence-electron chi connectivity index (χ4n) is 0.976. The third-order valence-corrected chi connectivity index (χ3v) is 2.67. The van der Waals surface area contributed by atoms with Crippen molar-refractivity contribution in [3.8, 4) is 0 Å². The Morgan fingerprint density at radius 2 is 2.00 bits per heavy atom. The van der Waals surface area contributed by atoms with Gasteiger partial charge in [0.2, 0.25) is 0 Å². The Morgan fingerprint density at radius 3 is 2.42 bits per heavy atom. The van der Waals surface area contributed by atoms with Crippen molar-refractivity contribution in [2.45, 2.75) is 5.60 Å². The molecule has 0 bridgehead atoms. The van der Waals surface area contributed by atoms with Gasteiger partial charge in [-0.05, 0) is 5.56 Å². The maximum Gasteiger partial charge on any atom is 0.117 e. The lowest BCUT2D eigenvalue weighted by Gasteiger charge is -2.21. The molecule has 2 heteroatoms. The lowest BCUT2D eigenvalue weighted by Crippen LogP contribution is -2.24. The second-order valence-corrected chi connectivity index (χ2v) is 3.19. The Labute approximate surface area is 80.9 Å². The Balaban J connectivity index is 3.03. The molecule has 0 aliphatic rings. The number of hydrogen-bond acceptors (Lipinski definition) is 1. The van der Waals surface area contributed by atoms with Crippen LogP contribution < -0.4 is 0 Å². The summed E-state index contributed by atoms with van der Waals surface area (Å²) in [5.74, 6) is 0. The number of aliphatic hydroxyl groups is 1. The van der Waals surface area contributed by atoms with Crippen molar-refractivity contribution in [2.24, 2.45) is 0 Å². The maximum absolute atomic E-state index is 9.94. The van der Waals surface area contributed by atoms with Gasteiger partial charge in [-0.2, -0.15) is 0 Å². The molecule has 0 heterocycles. The summed E-state index contributed by atoms with van der Waals surface area (Å²) in [4.78, 5) is 0. The quantitative estimate of drug-likeness (QED) is 0.621. The molecule has 0 saturated heterocycles. The van der Waals surface area contributed by atoms with Gasteiger partial charge in [-0.3, -0.25) is 0 Å². The van der Waals surface area contributed by atoms with Crippen molar-refractivity contribution in [2.75, 3.05) is 5.33 Å². The molecule has 0 aliphatic carbocycles. The number of alkyl halides is 1. The van der Waals surface area contributed by atoms with Crippen LogP contribution in [0.15, 0.2) is 43.0 Å². The van der Waals surface area contributed by atoms with Gasteiger partial charge in [-0.25, -0.2) is 0 Å². The monoisotopic (exact) mass is 226 g/mol. The second kappa shape index (κ2) is 3.87. The zero-order valence-electron chi connectivity index (χ0n) is 6.70. The summed E-state index contributed by atoms with van der Waals surface area (Å²) in [6.45, 7) is 3.60. The zero-order valence-corrected chi connectivity index (χ0v) is 8.29. The van der Waals surface area contributed by atoms with Gasteiger partial charge >= 0.3 is 0 Å². The third-order valence-electron chi connectivity index (χ3n) is 1.82. The number of halogens is 1. The van der Waals surface area contributed by atoms with Crippen molar-refractivity contribution in [1.29, 1.82) is 0 Å². The molecule has 0 amide bonds. The summed E-state index contributed by atoms with van der Waals surface area (Å²) in [5.41, 5.74) is -0.0850. The fourth-order valence-corrected chi connectivity index (χ4v) is 1.53. The molecule has 1 rings (SSSR count). The van der Waals surface area contributed by atoms with Gasteiger partial charge in [0.25, 0.3) is 0 Å². The van der Waals surface area contributed by atoms with E-state index in [1.807, 2.05) is 30.3 Å². The second-order valence-electron chi connectivity index (χ2n) is 2.63. The average molecular weight is 227 g/mol. The van der Waals surface area contributed by atoms with E-state index in [1.54, 1.807) is 0 Å². The van der Waals surface area contributed by atoms with E-state index in [-0.39, 0.29) is 0 Å². The first-order valence-corrected chi connectivity index (χ1v) is 4.82. The summed E-state index contributed by atoms with van der Waals surface area (Å²) in [6, 6.07) is 9.46. The molecule has 0 saturated carbocycles. The predicted molar refractivity (Wildman–Crippen MR) is 54.3 cm³/mol. The molecule has 1 unspecified atom stereocenters. The largest absolute Gasteiger partial charge is 0.380 e. The van der Waals surface area contributed by atoms with Gasteiger partial charge in [-0.15, -0.1) is 0 Å². The van der Waals surface area contributed by atoms with Crippen molar-refractivity contribution in [3.63, 3.8) is 0 Å². The molecule has 12 heavy (non-hydrogen) atoms. The SMILES string of the molecule is C=CC(O)(CBr)c1ccccc1. The van der Waals surface area contributed by atoms with Crippen LogP contribution in [-0.4, -0.2) is 10.4 Å². The minimum atomic E-state index is -0.943. The van der Waals surface area contributed by atoms with E-state index in [2.05, 4.69) is 22.5 Å². The molecule has 0 radical (unpaired) electrons. The molecule has 1 N–H and O–H groups in total. The molecular weight excluding hydrogens is 216 g/mol. The molecule has 1 aromatic rings. The highest BCUT2D eigenvalue weighted by molar-refractivity contribution is 9.09. The molecule has 0 aromatic heterocycles. The Morgan fingerprint density at radius 1 is 1.42 bits per heavy atom. The molecule has 1 nitrogen and oxygen atoms in total. The van der Waals surface area contributed by atoms with E-state index in [4.69, 9.17) is 0 Å². The lowest BCUT2D eigenvalue weighted by molar-refractivity contribution is 0.118. The first kappa shape index (κ1) is 9.49. The van der Waals surface area contributed by atoms with Crippen LogP contribution in [0.25, 0.3) is 0 Å². The van der Waals surface area contributed by atoms with Gasteiger partial charge in [0.1, 0.15) is 5.60 Å². The predicted octanol–water partition coefficient (Wildman–Crippen LogP) is 2.46. The Hall–Kier alpha value is -0.600. The normalized spacial score (nSPS) is 15.2. The summed E-state index contributed by atoms with van der Waals surface area (Å²) < 4.78 is 0. The van der Waals surface area contributed by atoms with Crippen molar-refractivity contribution in [1.82, 2.24) is 0 Å². The first-order valence-electron chi connectivity index (χ1n) is 3.70. The van der Waals surface area contributed by atoms with Crippen molar-refractivity contribution >= 4 is 15.9 Å². The van der Waals surface area contributed by atoms with Crippen LogP contribution in [0, 0.1) is 0 Å². The van der Waals surface area contributed by atoms with E-state index in [1.165, 1.54) is 6.08 Å². The standard InChI is InChI=1S/C10H11BrO/c1-2-10(12,8-11)9-6-4-3-5-7-9/h2-7,12H,1,8H2. The fraction of sp³-hybridized carbons (Fsp3) is 0.200. The van der Waals surface area contributed by atoms with E-state index in [0.29, 0.717) is 5.33 Å². The van der Waals surface area contributed by atoms with E-state index in [9.17, 15) is 5.11 Å². The first-order chi connectivity index (χ1) is 5.73. The minimum Gasteiger partial charge on any atom is -0.380 e. The maximum atomic E-state index is 9.94. The molecule has 0 spiro atoms. The van der Waals surface area contributed by atoms with E-state index >= 15 is 0 Å². The van der Waals surface area contributed by atoms with Gasteiger partial charge in [0.05, 0.1) is 0 Å². The van der Waals surface area contributed by atoms with Crippen LogP contribution in [-0.2, 0) is 5.60 Å². The van der Waals surface area contributed by atoms with Gasteiger partial charge in [0.15, 0.2) is 0 Å². The number of benzene rings is 1. The lowest BCUT2D eigenvalue weighted by atomic mass is 9.97. The van der Waals surface area contributed by atoms with Crippen LogP contribution in [0.5, 0.6) is 0 Å². The topological polar surface area (TPSA) is 20.2 Å². The smallest absolute Gasteiger partial charge is 0.117 e. The van der Waals surface area contributed by atoms with E-state index < -0.39 is 5.60 Å². The molecule has 0 fully saturated rings. The molecule has 1 aromatic carbocycles. The molecule has 0 aliphatic heterocycles. The van der Waals surface area contributed by atoms with Crippen LogP contribution >= 0.6 is 15.9 Å². The third kappa shape index (κ3) is 1.76. The Kier molecular flexibility index (Phi) is 3.06. The number of hydrogen-bond donors (Lipinski definition) is 1. The van der Waals surface area contributed by atoms with Gasteiger partial charge in [0, 0.05) is 5.33 Å². The molecule has 64 valence electrons. The summed E-state index contributed by atoms with van der Waals surface area (Å²) in [7, 11) is 0. The van der Waals surface area contributed by atoms with Gasteiger partial charge < -0.3 is 5.11 Å². The van der Waals surface area contributed by atoms with Gasteiger partial charge in [-0.1, -0.05) is 58.9 Å². The van der Waals surface area contributed by atoms with E-state index in [0.717, 1.165) is 5.56 Å². The minimum absolute atomic E-state index is 0.466. The highest BCUT2D eigenvalue weighted by Gasteiger charge is 2.22. The van der Waals surface area contributed by atoms with Crippen LogP contribution in [0.2, 0.25) is 0 Å². The molecule has 1 atom stereocenters. The van der Waals surface area contributed by atoms with Crippen LogP contribution in [0.1, 0.15) is 5.56 Å². The van der Waals surface area contributed by atoms with Crippen LogP contribution in [0.3, 0.4) is 0 Å². The zero-order chi connectivity index (χ0) is 9.03. The molecular formula is C10H11BrO.